The molecule has 1 amide bonds. The second kappa shape index (κ2) is 6.77. The molecule has 1 heterocycles. The number of carbonyl (C=O) groups excluding carboxylic acids is 1. The molecule has 1 fully saturated rings. The van der Waals surface area contributed by atoms with E-state index in [0.717, 1.165) is 24.9 Å². The van der Waals surface area contributed by atoms with Gasteiger partial charge in [0.2, 0.25) is 5.91 Å². The molecule has 0 saturated carbocycles. The van der Waals surface area contributed by atoms with Crippen molar-refractivity contribution in [3.05, 3.63) is 34.9 Å². The lowest BCUT2D eigenvalue weighted by atomic mass is 9.97. The number of hydrogen-bond donors (Lipinski definition) is 2. The van der Waals surface area contributed by atoms with Crippen LogP contribution in [0.25, 0.3) is 0 Å². The van der Waals surface area contributed by atoms with E-state index < -0.39 is 5.60 Å². The van der Waals surface area contributed by atoms with E-state index in [-0.39, 0.29) is 11.9 Å². The van der Waals surface area contributed by atoms with Crippen molar-refractivity contribution < 1.29 is 9.90 Å². The first-order valence-corrected chi connectivity index (χ1v) is 7.71. The number of benzene rings is 1. The Kier molecular flexibility index (Phi) is 5.25. The summed E-state index contributed by atoms with van der Waals surface area (Å²) in [7, 11) is 0. The number of nitrogens with zero attached hydrogens (tertiary/aromatic N) is 1. The zero-order chi connectivity index (χ0) is 15.5. The van der Waals surface area contributed by atoms with Gasteiger partial charge >= 0.3 is 0 Å². The minimum atomic E-state index is -0.771. The molecule has 0 aliphatic carbocycles. The van der Waals surface area contributed by atoms with Crippen molar-refractivity contribution in [3.8, 4) is 0 Å². The lowest BCUT2D eigenvalue weighted by molar-refractivity contribution is -0.123. The summed E-state index contributed by atoms with van der Waals surface area (Å²) in [5.41, 5.74) is 0.251. The summed E-state index contributed by atoms with van der Waals surface area (Å²) in [6.45, 7) is 5.31. The van der Waals surface area contributed by atoms with Crippen LogP contribution in [0, 0.1) is 0 Å². The number of aliphatic hydroxyl groups is 1. The van der Waals surface area contributed by atoms with E-state index in [1.807, 2.05) is 38.1 Å². The molecule has 0 aromatic heterocycles. The summed E-state index contributed by atoms with van der Waals surface area (Å²) < 4.78 is 0. The Morgan fingerprint density at radius 3 is 2.71 bits per heavy atom. The minimum absolute atomic E-state index is 0.0129. The van der Waals surface area contributed by atoms with Crippen LogP contribution in [-0.2, 0) is 11.3 Å². The molecule has 1 atom stereocenters. The smallest absolute Gasteiger partial charge is 0.234 e. The van der Waals surface area contributed by atoms with E-state index in [0.29, 0.717) is 18.1 Å². The molecule has 0 bridgehead atoms. The van der Waals surface area contributed by atoms with Gasteiger partial charge in [0.25, 0.3) is 0 Å². The quantitative estimate of drug-likeness (QED) is 0.876. The van der Waals surface area contributed by atoms with Gasteiger partial charge in [-0.1, -0.05) is 23.7 Å². The Bertz CT molecular complexity index is 482. The van der Waals surface area contributed by atoms with Crippen LogP contribution in [-0.4, -0.2) is 40.6 Å². The third kappa shape index (κ3) is 4.70. The summed E-state index contributed by atoms with van der Waals surface area (Å²) in [6, 6.07) is 7.48. The van der Waals surface area contributed by atoms with Gasteiger partial charge in [0.1, 0.15) is 0 Å². The highest BCUT2D eigenvalue weighted by atomic mass is 35.5. The zero-order valence-electron chi connectivity index (χ0n) is 12.6. The van der Waals surface area contributed by atoms with E-state index in [4.69, 9.17) is 11.6 Å². The third-order valence-corrected chi connectivity index (χ3v) is 4.18. The fraction of sp³-hybridized carbons (Fsp3) is 0.562. The molecule has 5 heteroatoms. The zero-order valence-corrected chi connectivity index (χ0v) is 13.4. The third-order valence-electron chi connectivity index (χ3n) is 3.93. The van der Waals surface area contributed by atoms with Crippen molar-refractivity contribution in [2.45, 2.75) is 44.9 Å². The first-order valence-electron chi connectivity index (χ1n) is 7.34. The van der Waals surface area contributed by atoms with Crippen LogP contribution in [0.2, 0.25) is 5.02 Å². The van der Waals surface area contributed by atoms with Crippen LogP contribution in [0.5, 0.6) is 0 Å². The molecule has 116 valence electrons. The Balaban J connectivity index is 1.83. The van der Waals surface area contributed by atoms with Crippen LogP contribution < -0.4 is 5.32 Å². The summed E-state index contributed by atoms with van der Waals surface area (Å²) in [5, 5.41) is 13.8. The molecule has 2 N–H and O–H groups in total. The average molecular weight is 311 g/mol. The highest BCUT2D eigenvalue weighted by molar-refractivity contribution is 6.30. The molecule has 1 aromatic carbocycles. The van der Waals surface area contributed by atoms with Crippen LogP contribution >= 0.6 is 11.6 Å². The van der Waals surface area contributed by atoms with Gasteiger partial charge in [0, 0.05) is 17.6 Å². The van der Waals surface area contributed by atoms with Gasteiger partial charge in [-0.05, 0) is 50.9 Å². The lowest BCUT2D eigenvalue weighted by Gasteiger charge is -2.33. The molecular formula is C16H23ClN2O2. The van der Waals surface area contributed by atoms with E-state index >= 15 is 0 Å². The number of nitrogens with one attached hydrogen (secondary N) is 1. The highest BCUT2D eigenvalue weighted by Gasteiger charge is 2.36. The average Bonchev–Trinajstić information content (AvgIpc) is 2.86. The van der Waals surface area contributed by atoms with Crippen molar-refractivity contribution in [1.29, 1.82) is 0 Å². The van der Waals surface area contributed by atoms with Crippen molar-refractivity contribution in [3.63, 3.8) is 0 Å². The molecule has 4 nitrogen and oxygen atoms in total. The SMILES string of the molecule is CC(C)(O)C1CCCN1CC(=O)NCc1ccc(Cl)cc1. The maximum Gasteiger partial charge on any atom is 0.234 e. The molecule has 1 saturated heterocycles. The van der Waals surface area contributed by atoms with Gasteiger partial charge in [0.05, 0.1) is 12.1 Å². The van der Waals surface area contributed by atoms with Gasteiger partial charge < -0.3 is 10.4 Å². The topological polar surface area (TPSA) is 52.6 Å². The van der Waals surface area contributed by atoms with E-state index in [1.165, 1.54) is 0 Å². The van der Waals surface area contributed by atoms with Crippen molar-refractivity contribution in [2.24, 2.45) is 0 Å². The molecule has 1 aliphatic rings. The lowest BCUT2D eigenvalue weighted by Crippen LogP contribution is -2.48. The van der Waals surface area contributed by atoms with Crippen molar-refractivity contribution in [2.75, 3.05) is 13.1 Å². The van der Waals surface area contributed by atoms with Gasteiger partial charge in [-0.15, -0.1) is 0 Å². The molecule has 1 aliphatic heterocycles. The number of carbonyl (C=O) groups is 1. The van der Waals surface area contributed by atoms with Gasteiger partial charge in [-0.2, -0.15) is 0 Å². The molecule has 0 radical (unpaired) electrons. The Morgan fingerprint density at radius 2 is 2.10 bits per heavy atom. The van der Waals surface area contributed by atoms with Crippen molar-refractivity contribution in [1.82, 2.24) is 10.2 Å². The standard InChI is InChI=1S/C16H23ClN2O2/c1-16(2,21)14-4-3-9-19(14)11-15(20)18-10-12-5-7-13(17)8-6-12/h5-8,14,21H,3-4,9-11H2,1-2H3,(H,18,20). The molecule has 1 aromatic rings. The minimum Gasteiger partial charge on any atom is -0.389 e. The largest absolute Gasteiger partial charge is 0.389 e. The second-order valence-corrected chi connectivity index (χ2v) is 6.62. The predicted octanol–water partition coefficient (Wildman–Crippen LogP) is 2.19. The molecule has 2 rings (SSSR count). The number of amides is 1. The number of halogens is 1. The van der Waals surface area contributed by atoms with E-state index in [9.17, 15) is 9.90 Å². The summed E-state index contributed by atoms with van der Waals surface area (Å²) in [6.07, 6.45) is 1.97. The molecule has 0 spiro atoms. The molecule has 21 heavy (non-hydrogen) atoms. The maximum atomic E-state index is 12.1. The van der Waals surface area contributed by atoms with Crippen LogP contribution in [0.15, 0.2) is 24.3 Å². The Labute approximate surface area is 131 Å². The Hall–Kier alpha value is -1.10. The van der Waals surface area contributed by atoms with Gasteiger partial charge in [-0.3, -0.25) is 9.69 Å². The fourth-order valence-corrected chi connectivity index (χ4v) is 2.98. The normalized spacial score (nSPS) is 19.7. The van der Waals surface area contributed by atoms with Crippen LogP contribution in [0.4, 0.5) is 0 Å². The number of rotatable bonds is 5. The number of hydrogen-bond acceptors (Lipinski definition) is 3. The van der Waals surface area contributed by atoms with Crippen molar-refractivity contribution >= 4 is 17.5 Å². The van der Waals surface area contributed by atoms with Gasteiger partial charge in [-0.25, -0.2) is 0 Å². The Morgan fingerprint density at radius 1 is 1.43 bits per heavy atom. The monoisotopic (exact) mass is 310 g/mol. The molecular weight excluding hydrogens is 288 g/mol. The summed E-state index contributed by atoms with van der Waals surface area (Å²) in [4.78, 5) is 14.1. The predicted molar refractivity (Wildman–Crippen MR) is 84.2 cm³/mol. The maximum absolute atomic E-state index is 12.1. The molecule has 1 unspecified atom stereocenters. The summed E-state index contributed by atoms with van der Waals surface area (Å²) in [5.74, 6) is -0.0129. The van der Waals surface area contributed by atoms with E-state index in [1.54, 1.807) is 0 Å². The second-order valence-electron chi connectivity index (χ2n) is 6.19. The van der Waals surface area contributed by atoms with E-state index in [2.05, 4.69) is 10.2 Å². The first kappa shape index (κ1) is 16.3. The summed E-state index contributed by atoms with van der Waals surface area (Å²) >= 11 is 5.83. The van der Waals surface area contributed by atoms with Crippen LogP contribution in [0.1, 0.15) is 32.3 Å². The first-order chi connectivity index (χ1) is 9.86. The van der Waals surface area contributed by atoms with Gasteiger partial charge in [0.15, 0.2) is 0 Å². The van der Waals surface area contributed by atoms with Crippen LogP contribution in [0.3, 0.4) is 0 Å². The number of likely N-dealkylation sites (tertiary alicyclic amines) is 1. The fourth-order valence-electron chi connectivity index (χ4n) is 2.86. The highest BCUT2D eigenvalue weighted by Crippen LogP contribution is 2.26.